The molecule has 1 aromatic heterocycles. The van der Waals surface area contributed by atoms with Gasteiger partial charge in [-0.2, -0.15) is 0 Å². The van der Waals surface area contributed by atoms with Gasteiger partial charge in [-0.3, -0.25) is 0 Å². The molecule has 1 unspecified atom stereocenters. The Labute approximate surface area is 359 Å². The largest absolute Gasteiger partial charge is 0.507 e. The fraction of sp³-hybridized carbons (Fsp3) is 0.161. The fourth-order valence-electron chi connectivity index (χ4n) is 9.17. The van der Waals surface area contributed by atoms with Gasteiger partial charge < -0.3 is 20.1 Å². The van der Waals surface area contributed by atoms with Gasteiger partial charge in [0.1, 0.15) is 17.3 Å². The molecule has 6 aromatic carbocycles. The molecule has 1 aliphatic rings. The molecule has 7 aromatic rings. The van der Waals surface area contributed by atoms with E-state index in [1.165, 1.54) is 38.5 Å². The number of aliphatic imine (C=N–C) groups is 1. The summed E-state index contributed by atoms with van der Waals surface area (Å²) in [4.78, 5) is 5.25. The zero-order valence-electron chi connectivity index (χ0n) is 35.6. The van der Waals surface area contributed by atoms with Gasteiger partial charge in [-0.1, -0.05) is 155 Å². The van der Waals surface area contributed by atoms with Crippen molar-refractivity contribution < 1.29 is 10.2 Å². The summed E-state index contributed by atoms with van der Waals surface area (Å²) in [5.74, 6) is 0.591. The van der Waals surface area contributed by atoms with Crippen LogP contribution in [0.2, 0.25) is 0 Å². The summed E-state index contributed by atoms with van der Waals surface area (Å²) in [5.41, 5.74) is 14.9. The number of phenolic OH excluding ortho intramolecular Hbond substituents is 2. The van der Waals surface area contributed by atoms with E-state index >= 15 is 0 Å². The maximum atomic E-state index is 11.6. The summed E-state index contributed by atoms with van der Waals surface area (Å²) in [5, 5.41) is 29.0. The molecule has 0 aliphatic heterocycles. The molecule has 0 saturated carbocycles. The zero-order valence-corrected chi connectivity index (χ0v) is 35.6. The Hall–Kier alpha value is -7.11. The molecule has 0 bridgehead atoms. The molecule has 5 nitrogen and oxygen atoms in total. The van der Waals surface area contributed by atoms with E-state index in [0.29, 0.717) is 40.2 Å². The Bertz CT molecular complexity index is 2960. The van der Waals surface area contributed by atoms with Crippen LogP contribution in [0.3, 0.4) is 0 Å². The lowest BCUT2D eigenvalue weighted by Gasteiger charge is -2.24. The molecule has 3 N–H and O–H groups in total. The third-order valence-corrected chi connectivity index (χ3v) is 12.2. The number of aromatic hydroxyl groups is 2. The van der Waals surface area contributed by atoms with Crippen molar-refractivity contribution in [3.8, 4) is 39.4 Å². The summed E-state index contributed by atoms with van der Waals surface area (Å²) < 4.78 is 2.41. The van der Waals surface area contributed by atoms with Crippen molar-refractivity contribution in [2.45, 2.75) is 59.4 Å². The number of benzene rings is 6. The van der Waals surface area contributed by atoms with Crippen LogP contribution in [0.15, 0.2) is 158 Å². The predicted octanol–water partition coefficient (Wildman–Crippen LogP) is 13.9. The van der Waals surface area contributed by atoms with Crippen molar-refractivity contribution in [2.75, 3.05) is 0 Å². The molecule has 1 heterocycles. The van der Waals surface area contributed by atoms with Crippen molar-refractivity contribution >= 4 is 45.5 Å². The third-order valence-electron chi connectivity index (χ3n) is 12.2. The first-order chi connectivity index (χ1) is 29.7. The number of rotatable bonds is 12. The minimum Gasteiger partial charge on any atom is -0.507 e. The predicted molar refractivity (Wildman–Crippen MR) is 260 cm³/mol. The van der Waals surface area contributed by atoms with E-state index in [1.807, 2.05) is 6.92 Å². The number of hydrogen-bond acceptors (Lipinski definition) is 3. The Morgan fingerprint density at radius 1 is 0.787 bits per heavy atom. The molecular weight excluding hydrogens is 747 g/mol. The number of para-hydroxylation sites is 2. The van der Waals surface area contributed by atoms with Crippen LogP contribution < -0.4 is 5.32 Å². The topological polar surface area (TPSA) is 69.8 Å². The van der Waals surface area contributed by atoms with Crippen molar-refractivity contribution in [1.82, 2.24) is 9.88 Å². The molecule has 0 amide bonds. The van der Waals surface area contributed by atoms with Crippen LogP contribution in [-0.4, -0.2) is 26.7 Å². The first kappa shape index (κ1) is 40.7. The quantitative estimate of drug-likeness (QED) is 0.0852. The second-order valence-corrected chi connectivity index (χ2v) is 15.7. The van der Waals surface area contributed by atoms with Gasteiger partial charge in [-0.15, -0.1) is 0 Å². The van der Waals surface area contributed by atoms with Gasteiger partial charge in [0, 0.05) is 50.3 Å². The van der Waals surface area contributed by atoms with E-state index in [2.05, 4.69) is 178 Å². The minimum absolute atomic E-state index is 0.00756. The number of allylic oxidation sites excluding steroid dienone is 3. The van der Waals surface area contributed by atoms with Crippen molar-refractivity contribution in [3.05, 3.63) is 192 Å². The molecule has 8 rings (SSSR count). The first-order valence-corrected chi connectivity index (χ1v) is 21.3. The molecule has 0 saturated heterocycles. The van der Waals surface area contributed by atoms with Gasteiger partial charge in [0.15, 0.2) is 0 Å². The third kappa shape index (κ3) is 7.31. The van der Waals surface area contributed by atoms with E-state index in [9.17, 15) is 10.2 Å². The highest BCUT2D eigenvalue weighted by Crippen LogP contribution is 2.44. The monoisotopic (exact) mass is 799 g/mol. The Morgan fingerprint density at radius 3 is 2.20 bits per heavy atom. The number of aryl methyl sites for hydroxylation is 1. The molecule has 5 heteroatoms. The number of fused-ring (bicyclic) bond motifs is 3. The number of amidine groups is 1. The van der Waals surface area contributed by atoms with Crippen LogP contribution in [0.25, 0.3) is 67.6 Å². The number of phenols is 2. The summed E-state index contributed by atoms with van der Waals surface area (Å²) in [6, 6.07) is 39.1. The fourth-order valence-corrected chi connectivity index (χ4v) is 9.17. The lowest BCUT2D eigenvalue weighted by Crippen LogP contribution is -2.35. The van der Waals surface area contributed by atoms with Gasteiger partial charge in [-0.25, -0.2) is 4.99 Å². The number of aromatic nitrogens is 1. The van der Waals surface area contributed by atoms with Gasteiger partial charge in [0.25, 0.3) is 0 Å². The molecule has 1 atom stereocenters. The highest BCUT2D eigenvalue weighted by atomic mass is 16.3. The molecular formula is C56H53N3O2. The Balaban J connectivity index is 1.28. The van der Waals surface area contributed by atoms with Crippen molar-refractivity contribution in [2.24, 2.45) is 4.99 Å². The Morgan fingerprint density at radius 2 is 1.49 bits per heavy atom. The van der Waals surface area contributed by atoms with Gasteiger partial charge in [0.05, 0.1) is 16.7 Å². The maximum Gasteiger partial charge on any atom is 0.134 e. The lowest BCUT2D eigenvalue weighted by molar-refractivity contribution is 0.437. The smallest absolute Gasteiger partial charge is 0.134 e. The number of nitrogens with zero attached hydrogens (tertiary/aromatic N) is 2. The normalized spacial score (nSPS) is 13.3. The molecule has 0 spiro atoms. The van der Waals surface area contributed by atoms with Crippen LogP contribution in [-0.2, 0) is 12.8 Å². The van der Waals surface area contributed by atoms with Crippen LogP contribution in [0.4, 0.5) is 0 Å². The lowest BCUT2D eigenvalue weighted by atomic mass is 9.90. The highest BCUT2D eigenvalue weighted by molar-refractivity contribution is 6.14. The van der Waals surface area contributed by atoms with E-state index < -0.39 is 0 Å². The maximum absolute atomic E-state index is 11.6. The number of nitrogens with one attached hydrogen (secondary N) is 1. The summed E-state index contributed by atoms with van der Waals surface area (Å²) >= 11 is 0. The summed E-state index contributed by atoms with van der Waals surface area (Å²) in [6.07, 6.45) is 12.8. The highest BCUT2D eigenvalue weighted by Gasteiger charge is 2.24. The molecule has 0 radical (unpaired) electrons. The first-order valence-electron chi connectivity index (χ1n) is 21.3. The van der Waals surface area contributed by atoms with Gasteiger partial charge >= 0.3 is 0 Å². The van der Waals surface area contributed by atoms with E-state index in [0.717, 1.165) is 52.8 Å². The molecule has 0 fully saturated rings. The number of hydrogen-bond donors (Lipinski definition) is 3. The second kappa shape index (κ2) is 17.2. The Kier molecular flexibility index (Phi) is 11.5. The van der Waals surface area contributed by atoms with Crippen LogP contribution in [0, 0.1) is 6.92 Å². The zero-order chi connectivity index (χ0) is 42.8. The van der Waals surface area contributed by atoms with Crippen LogP contribution in [0.1, 0.15) is 72.6 Å². The molecule has 61 heavy (non-hydrogen) atoms. The average molecular weight is 800 g/mol. The van der Waals surface area contributed by atoms with E-state index in [-0.39, 0.29) is 17.5 Å². The van der Waals surface area contributed by atoms with Crippen molar-refractivity contribution in [1.29, 1.82) is 0 Å². The van der Waals surface area contributed by atoms with Crippen LogP contribution >= 0.6 is 0 Å². The second-order valence-electron chi connectivity index (χ2n) is 15.7. The summed E-state index contributed by atoms with van der Waals surface area (Å²) in [7, 11) is 0. The van der Waals surface area contributed by atoms with E-state index in [4.69, 9.17) is 4.99 Å². The standard InChI is InChI=1S/C56H53N3O2/c1-8-41-47(45-33-32-40(34-35(45)5)59-51-31-19-18-26-48(51)49-29-20-27-46(53(49)59)39-24-16-13-17-25-39)28-21-30-50(41)56(57-36(6)38-22-14-12-15-23-38)58-37(7)52-42(9-2)43(10-3)54(60)44(11-4)55(52)61/h9-10,12-14,16-22,24-34,36,60-61H,2-3,7-8,11,15,23H2,1,4-6H3,(H,57,58). The summed E-state index contributed by atoms with van der Waals surface area (Å²) in [6.45, 7) is 20.9. The SMILES string of the molecule is C=Cc1c(O)c(CC)c(O)c(C(=C)/N=C(\NC(C)C2=CC=CCC2)c2cccc(-c3ccc(-n4c5ccccc5c5cccc(-c6ccccc6)c54)cc3C)c2CC)c1C=C. The van der Waals surface area contributed by atoms with Crippen LogP contribution in [0.5, 0.6) is 11.5 Å². The molecule has 1 aliphatic carbocycles. The average Bonchev–Trinajstić information content (AvgIpc) is 3.63. The minimum atomic E-state index is -0.0545. The van der Waals surface area contributed by atoms with Gasteiger partial charge in [0.2, 0.25) is 0 Å². The van der Waals surface area contributed by atoms with E-state index in [1.54, 1.807) is 12.2 Å². The molecule has 304 valence electrons. The van der Waals surface area contributed by atoms with Crippen molar-refractivity contribution in [3.63, 3.8) is 0 Å². The van der Waals surface area contributed by atoms with Gasteiger partial charge in [-0.05, 0) is 96.7 Å².